The number of hydrogen-bond acceptors (Lipinski definition) is 4. The number of carboxylic acids is 1. The predicted octanol–water partition coefficient (Wildman–Crippen LogP) is 5.86. The number of carboxylic acid groups (broad SMARTS) is 1. The van der Waals surface area contributed by atoms with E-state index in [9.17, 15) is 18.0 Å². The molecule has 5 rings (SSSR count). The van der Waals surface area contributed by atoms with Gasteiger partial charge in [-0.2, -0.15) is 18.3 Å². The van der Waals surface area contributed by atoms with E-state index >= 15 is 0 Å². The molecule has 3 aromatic carbocycles. The van der Waals surface area contributed by atoms with Gasteiger partial charge in [-0.3, -0.25) is 9.89 Å². The second-order valence-electron chi connectivity index (χ2n) is 9.53. The third-order valence-corrected chi connectivity index (χ3v) is 6.46. The summed E-state index contributed by atoms with van der Waals surface area (Å²) in [6.45, 7) is 2.09. The Kier molecular flexibility index (Phi) is 8.93. The average Bonchev–Trinajstić information content (AvgIpc) is 3.38. The van der Waals surface area contributed by atoms with Crippen molar-refractivity contribution in [1.82, 2.24) is 15.5 Å². The molecular formula is C29H30F3N5O3. The van der Waals surface area contributed by atoms with E-state index in [2.05, 4.69) is 20.8 Å². The number of rotatable bonds is 6. The number of aromatic amines is 1. The molecule has 4 N–H and O–H groups in total. The monoisotopic (exact) mass is 553 g/mol. The first-order valence-electron chi connectivity index (χ1n) is 12.8. The number of nitrogens with zero attached hydrogens (tertiary/aromatic N) is 2. The molecule has 0 spiro atoms. The van der Waals surface area contributed by atoms with Crippen molar-refractivity contribution in [3.05, 3.63) is 89.6 Å². The Balaban J connectivity index is 0.000000867. The Morgan fingerprint density at radius 2 is 1.85 bits per heavy atom. The quantitative estimate of drug-likeness (QED) is 0.239. The van der Waals surface area contributed by atoms with Crippen LogP contribution in [0.25, 0.3) is 10.9 Å². The number of urea groups is 1. The van der Waals surface area contributed by atoms with Gasteiger partial charge < -0.3 is 20.6 Å². The fourth-order valence-electron chi connectivity index (χ4n) is 4.75. The van der Waals surface area contributed by atoms with E-state index in [0.717, 1.165) is 42.3 Å². The van der Waals surface area contributed by atoms with E-state index in [1.54, 1.807) is 12.3 Å². The molecular weight excluding hydrogens is 523 g/mol. The minimum absolute atomic E-state index is 0.255. The van der Waals surface area contributed by atoms with Gasteiger partial charge in [-0.15, -0.1) is 0 Å². The molecule has 2 heterocycles. The van der Waals surface area contributed by atoms with Crippen LogP contribution in [0.1, 0.15) is 30.0 Å². The van der Waals surface area contributed by atoms with Crippen molar-refractivity contribution in [2.45, 2.75) is 38.4 Å². The number of carbonyl (C=O) groups is 2. The molecule has 0 fully saturated rings. The van der Waals surface area contributed by atoms with Crippen LogP contribution in [-0.2, 0) is 23.8 Å². The highest BCUT2D eigenvalue weighted by atomic mass is 19.4. The Bertz CT molecular complexity index is 1450. The van der Waals surface area contributed by atoms with E-state index < -0.39 is 17.7 Å². The summed E-state index contributed by atoms with van der Waals surface area (Å²) in [5, 5.41) is 21.0. The van der Waals surface area contributed by atoms with Gasteiger partial charge >= 0.3 is 12.2 Å². The summed E-state index contributed by atoms with van der Waals surface area (Å²) < 4.78 is 40.2. The molecule has 0 aliphatic carbocycles. The van der Waals surface area contributed by atoms with E-state index in [-0.39, 0.29) is 12.1 Å². The summed E-state index contributed by atoms with van der Waals surface area (Å²) in [7, 11) is 0. The molecule has 2 amide bonds. The molecule has 1 aromatic heterocycles. The number of fused-ring (bicyclic) bond motifs is 2. The molecule has 1 aliphatic rings. The summed E-state index contributed by atoms with van der Waals surface area (Å²) >= 11 is 0. The topological polar surface area (TPSA) is 110 Å². The second-order valence-corrected chi connectivity index (χ2v) is 9.53. The van der Waals surface area contributed by atoms with Gasteiger partial charge in [-0.1, -0.05) is 42.5 Å². The number of hydrogen-bond donors (Lipinski definition) is 4. The van der Waals surface area contributed by atoms with E-state index in [1.807, 2.05) is 47.4 Å². The first kappa shape index (κ1) is 28.5. The van der Waals surface area contributed by atoms with Crippen LogP contribution in [0.3, 0.4) is 0 Å². The first-order valence-corrected chi connectivity index (χ1v) is 12.8. The van der Waals surface area contributed by atoms with Crippen molar-refractivity contribution < 1.29 is 27.9 Å². The second kappa shape index (κ2) is 12.5. The van der Waals surface area contributed by atoms with Crippen molar-refractivity contribution in [3.63, 3.8) is 0 Å². The van der Waals surface area contributed by atoms with Crippen LogP contribution >= 0.6 is 0 Å². The maximum atomic E-state index is 13.4. The smallest absolute Gasteiger partial charge is 0.416 e. The maximum Gasteiger partial charge on any atom is 0.416 e. The molecule has 11 heteroatoms. The van der Waals surface area contributed by atoms with E-state index in [4.69, 9.17) is 9.90 Å². The minimum atomic E-state index is -4.41. The number of carbonyl (C=O) groups excluding carboxylic acids is 1. The zero-order chi connectivity index (χ0) is 28.7. The van der Waals surface area contributed by atoms with Gasteiger partial charge in [0.15, 0.2) is 0 Å². The fourth-order valence-corrected chi connectivity index (χ4v) is 4.75. The highest BCUT2D eigenvalue weighted by molar-refractivity contribution is 6.00. The number of aliphatic carboxylic acids is 1. The minimum Gasteiger partial charge on any atom is -0.481 e. The van der Waals surface area contributed by atoms with Gasteiger partial charge in [0.2, 0.25) is 0 Å². The lowest BCUT2D eigenvalue weighted by atomic mass is 9.95. The third-order valence-electron chi connectivity index (χ3n) is 6.46. The van der Waals surface area contributed by atoms with Crippen LogP contribution in [0.4, 0.5) is 29.3 Å². The molecule has 8 nitrogen and oxygen atoms in total. The van der Waals surface area contributed by atoms with Crippen LogP contribution in [0, 0.1) is 0 Å². The standard InChI is InChI=1S/C27H26F3N5O.C2H4O2/c28-27(29,30)20-12-11-19-14-21(32-26(36)33-23-9-4-10-24-22(23)16-31-34-24)17-35(25(19)15-20)13-5-8-18-6-2-1-3-7-18;1-2(3)4/h1-4,6-7,9-12,15-16,21H,5,8,13-14,17H2,(H,31,34)(H2,32,33,36);1H3,(H,3,4). The Labute approximate surface area is 229 Å². The van der Waals surface area contributed by atoms with Gasteiger partial charge in [0, 0.05) is 31.1 Å². The van der Waals surface area contributed by atoms with Gasteiger partial charge in [0.05, 0.1) is 29.0 Å². The highest BCUT2D eigenvalue weighted by Gasteiger charge is 2.33. The average molecular weight is 554 g/mol. The molecule has 0 bridgehead atoms. The Morgan fingerprint density at radius 3 is 2.58 bits per heavy atom. The Morgan fingerprint density at radius 1 is 1.10 bits per heavy atom. The highest BCUT2D eigenvalue weighted by Crippen LogP contribution is 2.36. The van der Waals surface area contributed by atoms with Crippen LogP contribution in [-0.4, -0.2) is 46.4 Å². The van der Waals surface area contributed by atoms with Gasteiger partial charge in [0.1, 0.15) is 0 Å². The van der Waals surface area contributed by atoms with Gasteiger partial charge in [-0.25, -0.2) is 4.79 Å². The molecule has 210 valence electrons. The number of halogens is 3. The van der Waals surface area contributed by atoms with Crippen LogP contribution in [0.15, 0.2) is 72.9 Å². The normalized spacial score (nSPS) is 14.6. The number of alkyl halides is 3. The van der Waals surface area contributed by atoms with Crippen LogP contribution in [0.5, 0.6) is 0 Å². The fraction of sp³-hybridized carbons (Fsp3) is 0.276. The summed E-state index contributed by atoms with van der Waals surface area (Å²) in [4.78, 5) is 23.8. The number of aromatic nitrogens is 2. The Hall–Kier alpha value is -4.54. The third kappa shape index (κ3) is 7.52. The molecule has 1 unspecified atom stereocenters. The lowest BCUT2D eigenvalue weighted by Gasteiger charge is -2.37. The van der Waals surface area contributed by atoms with E-state index in [1.165, 1.54) is 17.7 Å². The van der Waals surface area contributed by atoms with Gasteiger partial charge in [-0.05, 0) is 54.7 Å². The van der Waals surface area contributed by atoms with Crippen molar-refractivity contribution >= 4 is 34.3 Å². The van der Waals surface area contributed by atoms with Gasteiger partial charge in [0.25, 0.3) is 5.97 Å². The van der Waals surface area contributed by atoms with E-state index in [0.29, 0.717) is 30.9 Å². The lowest BCUT2D eigenvalue weighted by molar-refractivity contribution is -0.137. The van der Waals surface area contributed by atoms with Crippen molar-refractivity contribution in [1.29, 1.82) is 0 Å². The number of benzene rings is 3. The summed E-state index contributed by atoms with van der Waals surface area (Å²) in [6, 6.07) is 18.7. The SMILES string of the molecule is CC(=O)O.O=C(Nc1cccc2[nH]ncc12)NC1Cc2ccc(C(F)(F)F)cc2N(CCCc2ccccc2)C1. The van der Waals surface area contributed by atoms with Crippen LogP contribution in [0.2, 0.25) is 0 Å². The van der Waals surface area contributed by atoms with Crippen LogP contribution < -0.4 is 15.5 Å². The number of anilines is 2. The number of nitrogens with one attached hydrogen (secondary N) is 3. The largest absolute Gasteiger partial charge is 0.481 e. The molecule has 0 saturated heterocycles. The first-order chi connectivity index (χ1) is 19.1. The molecule has 1 atom stereocenters. The molecule has 40 heavy (non-hydrogen) atoms. The lowest BCUT2D eigenvalue weighted by Crippen LogP contribution is -2.49. The molecule has 1 aliphatic heterocycles. The van der Waals surface area contributed by atoms with Crippen molar-refractivity contribution in [2.75, 3.05) is 23.3 Å². The molecule has 0 saturated carbocycles. The van der Waals surface area contributed by atoms with Crippen molar-refractivity contribution in [3.8, 4) is 0 Å². The molecule has 4 aromatic rings. The number of H-pyrrole nitrogens is 1. The maximum absolute atomic E-state index is 13.4. The summed E-state index contributed by atoms with van der Waals surface area (Å²) in [5.41, 5.74) is 3.33. The predicted molar refractivity (Wildman–Crippen MR) is 147 cm³/mol. The van der Waals surface area contributed by atoms with Crippen molar-refractivity contribution in [2.24, 2.45) is 0 Å². The number of aryl methyl sites for hydroxylation is 1. The molecule has 0 radical (unpaired) electrons. The zero-order valence-electron chi connectivity index (χ0n) is 21.8. The summed E-state index contributed by atoms with van der Waals surface area (Å²) in [6.07, 6.45) is -0.714. The summed E-state index contributed by atoms with van der Waals surface area (Å²) in [5.74, 6) is -0.833. The number of amides is 2. The zero-order valence-corrected chi connectivity index (χ0v) is 21.8.